The van der Waals surface area contributed by atoms with Gasteiger partial charge in [-0.25, -0.2) is 0 Å². The van der Waals surface area contributed by atoms with Gasteiger partial charge in [-0.15, -0.1) is 0 Å². The number of ether oxygens (including phenoxy) is 1. The Morgan fingerprint density at radius 1 is 1.28 bits per heavy atom. The summed E-state index contributed by atoms with van der Waals surface area (Å²) in [5.74, 6) is 0.844. The molecular weight excluding hydrogens is 246 g/mol. The van der Waals surface area contributed by atoms with Gasteiger partial charge in [0.2, 0.25) is 0 Å². The summed E-state index contributed by atoms with van der Waals surface area (Å²) in [6.45, 7) is 2.93. The number of nitrogens with one attached hydrogen (secondary N) is 1. The van der Waals surface area contributed by atoms with E-state index in [4.69, 9.17) is 16.3 Å². The quantitative estimate of drug-likeness (QED) is 0.676. The van der Waals surface area contributed by atoms with Crippen LogP contribution in [0.25, 0.3) is 0 Å². The molecule has 102 valence electrons. The average Bonchev–Trinajstić information content (AvgIpc) is 2.38. The summed E-state index contributed by atoms with van der Waals surface area (Å²) >= 11 is 5.92. The molecule has 0 radical (unpaired) electrons. The molecule has 0 fully saturated rings. The Labute approximate surface area is 116 Å². The fourth-order valence-electron chi connectivity index (χ4n) is 1.88. The van der Waals surface area contributed by atoms with Crippen LogP contribution in [0.4, 0.5) is 0 Å². The van der Waals surface area contributed by atoms with Crippen LogP contribution in [0, 0.1) is 0 Å². The molecule has 3 heteroatoms. The van der Waals surface area contributed by atoms with E-state index in [0.29, 0.717) is 12.6 Å². The van der Waals surface area contributed by atoms with E-state index in [2.05, 4.69) is 12.2 Å². The molecule has 18 heavy (non-hydrogen) atoms. The molecule has 2 nitrogen and oxygen atoms in total. The summed E-state index contributed by atoms with van der Waals surface area (Å²) < 4.78 is 5.75. The molecule has 1 atom stereocenters. The molecule has 0 aromatic heterocycles. The molecule has 0 saturated carbocycles. The van der Waals surface area contributed by atoms with Crippen molar-refractivity contribution in [3.63, 3.8) is 0 Å². The number of unbranched alkanes of at least 4 members (excludes halogenated alkanes) is 3. The molecule has 0 amide bonds. The van der Waals surface area contributed by atoms with Crippen LogP contribution in [-0.4, -0.2) is 19.7 Å². The number of hydrogen-bond donors (Lipinski definition) is 1. The third-order valence-electron chi connectivity index (χ3n) is 3.06. The van der Waals surface area contributed by atoms with Gasteiger partial charge in [-0.05, 0) is 31.7 Å². The molecule has 1 unspecified atom stereocenters. The Morgan fingerprint density at radius 2 is 2.11 bits per heavy atom. The van der Waals surface area contributed by atoms with Crippen molar-refractivity contribution in [2.24, 2.45) is 0 Å². The zero-order valence-electron chi connectivity index (χ0n) is 11.4. The van der Waals surface area contributed by atoms with Crippen LogP contribution in [-0.2, 0) is 0 Å². The summed E-state index contributed by atoms with van der Waals surface area (Å²) in [6.07, 6.45) is 6.34. The van der Waals surface area contributed by atoms with Crippen LogP contribution in [0.3, 0.4) is 0 Å². The van der Waals surface area contributed by atoms with Crippen LogP contribution in [0.15, 0.2) is 24.3 Å². The van der Waals surface area contributed by atoms with Crippen molar-refractivity contribution >= 4 is 11.6 Å². The van der Waals surface area contributed by atoms with Gasteiger partial charge in [0, 0.05) is 11.1 Å². The second-order valence-electron chi connectivity index (χ2n) is 4.60. The molecule has 1 rings (SSSR count). The van der Waals surface area contributed by atoms with E-state index in [0.717, 1.165) is 17.2 Å². The molecule has 0 aliphatic heterocycles. The normalized spacial score (nSPS) is 12.4. The van der Waals surface area contributed by atoms with E-state index in [1.54, 1.807) is 0 Å². The molecule has 0 bridgehead atoms. The van der Waals surface area contributed by atoms with Crippen LogP contribution < -0.4 is 10.1 Å². The van der Waals surface area contributed by atoms with Crippen LogP contribution in [0.1, 0.15) is 39.0 Å². The summed E-state index contributed by atoms with van der Waals surface area (Å²) in [7, 11) is 1.99. The van der Waals surface area contributed by atoms with Crippen LogP contribution in [0.2, 0.25) is 5.02 Å². The lowest BCUT2D eigenvalue weighted by Crippen LogP contribution is -2.31. The maximum atomic E-state index is 5.92. The van der Waals surface area contributed by atoms with Crippen LogP contribution >= 0.6 is 11.6 Å². The van der Waals surface area contributed by atoms with E-state index in [1.165, 1.54) is 25.7 Å². The zero-order chi connectivity index (χ0) is 13.2. The minimum atomic E-state index is 0.417. The summed E-state index contributed by atoms with van der Waals surface area (Å²) in [6, 6.07) is 7.98. The van der Waals surface area contributed by atoms with Gasteiger partial charge < -0.3 is 10.1 Å². The molecule has 1 N–H and O–H groups in total. The summed E-state index contributed by atoms with van der Waals surface area (Å²) in [5, 5.41) is 4.02. The lowest BCUT2D eigenvalue weighted by atomic mass is 10.1. The SMILES string of the molecule is CCCCCCC(COc1cccc(Cl)c1)NC. The van der Waals surface area contributed by atoms with Gasteiger partial charge >= 0.3 is 0 Å². The lowest BCUT2D eigenvalue weighted by Gasteiger charge is -2.17. The standard InChI is InChI=1S/C15H24ClNO/c1-3-4-5-6-9-14(17-2)12-18-15-10-7-8-13(16)11-15/h7-8,10-11,14,17H,3-6,9,12H2,1-2H3. The Balaban J connectivity index is 2.26. The van der Waals surface area contributed by atoms with Gasteiger partial charge in [-0.1, -0.05) is 50.3 Å². The Kier molecular flexibility index (Phi) is 7.86. The summed E-state index contributed by atoms with van der Waals surface area (Å²) in [4.78, 5) is 0. The third kappa shape index (κ3) is 6.27. The number of likely N-dealkylation sites (N-methyl/N-ethyl adjacent to an activating group) is 1. The predicted octanol–water partition coefficient (Wildman–Crippen LogP) is 4.28. The number of halogens is 1. The van der Waals surface area contributed by atoms with Gasteiger partial charge in [0.1, 0.15) is 12.4 Å². The van der Waals surface area contributed by atoms with E-state index in [9.17, 15) is 0 Å². The van der Waals surface area contributed by atoms with Gasteiger partial charge in [-0.2, -0.15) is 0 Å². The smallest absolute Gasteiger partial charge is 0.120 e. The van der Waals surface area contributed by atoms with Crippen molar-refractivity contribution in [1.29, 1.82) is 0 Å². The molecule has 0 spiro atoms. The Morgan fingerprint density at radius 3 is 2.78 bits per heavy atom. The highest BCUT2D eigenvalue weighted by Gasteiger charge is 2.06. The maximum absolute atomic E-state index is 5.92. The van der Waals surface area contributed by atoms with Crippen molar-refractivity contribution in [3.05, 3.63) is 29.3 Å². The predicted molar refractivity (Wildman–Crippen MR) is 78.6 cm³/mol. The molecule has 1 aromatic carbocycles. The molecular formula is C15H24ClNO. The molecule has 0 heterocycles. The van der Waals surface area contributed by atoms with Crippen LogP contribution in [0.5, 0.6) is 5.75 Å². The van der Waals surface area contributed by atoms with Gasteiger partial charge in [0.05, 0.1) is 0 Å². The first-order valence-electron chi connectivity index (χ1n) is 6.82. The lowest BCUT2D eigenvalue weighted by molar-refractivity contribution is 0.260. The fourth-order valence-corrected chi connectivity index (χ4v) is 2.06. The largest absolute Gasteiger partial charge is 0.492 e. The minimum absolute atomic E-state index is 0.417. The highest BCUT2D eigenvalue weighted by Crippen LogP contribution is 2.17. The zero-order valence-corrected chi connectivity index (χ0v) is 12.2. The van der Waals surface area contributed by atoms with E-state index in [1.807, 2.05) is 31.3 Å². The van der Waals surface area contributed by atoms with Crippen molar-refractivity contribution < 1.29 is 4.74 Å². The van der Waals surface area contributed by atoms with E-state index < -0.39 is 0 Å². The number of benzene rings is 1. The number of hydrogen-bond acceptors (Lipinski definition) is 2. The first kappa shape index (κ1) is 15.3. The van der Waals surface area contributed by atoms with Crippen molar-refractivity contribution in [2.75, 3.05) is 13.7 Å². The first-order valence-corrected chi connectivity index (χ1v) is 7.19. The fraction of sp³-hybridized carbons (Fsp3) is 0.600. The Bertz CT molecular complexity index is 330. The molecule has 0 saturated heterocycles. The first-order chi connectivity index (χ1) is 8.76. The van der Waals surface area contributed by atoms with Crippen molar-refractivity contribution in [3.8, 4) is 5.75 Å². The number of rotatable bonds is 9. The second kappa shape index (κ2) is 9.23. The molecule has 0 aliphatic rings. The maximum Gasteiger partial charge on any atom is 0.120 e. The van der Waals surface area contributed by atoms with Crippen molar-refractivity contribution in [2.45, 2.75) is 45.1 Å². The second-order valence-corrected chi connectivity index (χ2v) is 5.04. The topological polar surface area (TPSA) is 21.3 Å². The monoisotopic (exact) mass is 269 g/mol. The van der Waals surface area contributed by atoms with Gasteiger partial charge in [0.15, 0.2) is 0 Å². The van der Waals surface area contributed by atoms with E-state index in [-0.39, 0.29) is 0 Å². The van der Waals surface area contributed by atoms with Gasteiger partial charge in [0.25, 0.3) is 0 Å². The van der Waals surface area contributed by atoms with Gasteiger partial charge in [-0.3, -0.25) is 0 Å². The highest BCUT2D eigenvalue weighted by molar-refractivity contribution is 6.30. The molecule has 0 aliphatic carbocycles. The minimum Gasteiger partial charge on any atom is -0.492 e. The highest BCUT2D eigenvalue weighted by atomic mass is 35.5. The van der Waals surface area contributed by atoms with Crippen molar-refractivity contribution in [1.82, 2.24) is 5.32 Å². The summed E-state index contributed by atoms with van der Waals surface area (Å²) in [5.41, 5.74) is 0. The molecule has 1 aromatic rings. The average molecular weight is 270 g/mol. The van der Waals surface area contributed by atoms with E-state index >= 15 is 0 Å². The third-order valence-corrected chi connectivity index (χ3v) is 3.30. The Hall–Kier alpha value is -0.730.